The Balaban J connectivity index is 1.98. The van der Waals surface area contributed by atoms with E-state index in [1.807, 2.05) is 0 Å². The predicted molar refractivity (Wildman–Crippen MR) is 65.8 cm³/mol. The molecule has 1 rings (SSSR count). The van der Waals surface area contributed by atoms with Crippen molar-refractivity contribution in [3.8, 4) is 0 Å². The lowest BCUT2D eigenvalue weighted by Crippen LogP contribution is -2.30. The van der Waals surface area contributed by atoms with E-state index in [9.17, 15) is 5.11 Å². The largest absolute Gasteiger partial charge is 0.393 e. The van der Waals surface area contributed by atoms with E-state index in [4.69, 9.17) is 14.2 Å². The van der Waals surface area contributed by atoms with Gasteiger partial charge in [0.1, 0.15) is 6.79 Å². The summed E-state index contributed by atoms with van der Waals surface area (Å²) < 4.78 is 15.5. The molecule has 1 saturated carbocycles. The first-order valence-corrected chi connectivity index (χ1v) is 6.58. The Morgan fingerprint density at radius 1 is 1.12 bits per heavy atom. The van der Waals surface area contributed by atoms with Crippen molar-refractivity contribution in [3.05, 3.63) is 0 Å². The average Bonchev–Trinajstić information content (AvgIpc) is 2.33. The summed E-state index contributed by atoms with van der Waals surface area (Å²) >= 11 is 0. The third-order valence-corrected chi connectivity index (χ3v) is 3.66. The topological polar surface area (TPSA) is 47.9 Å². The van der Waals surface area contributed by atoms with Gasteiger partial charge >= 0.3 is 0 Å². The molecule has 0 aromatic carbocycles. The molecule has 1 aliphatic carbocycles. The molecule has 0 bridgehead atoms. The Bertz CT molecular complexity index is 186. The Labute approximate surface area is 104 Å². The highest BCUT2D eigenvalue weighted by atomic mass is 16.7. The number of hydrogen-bond donors (Lipinski definition) is 1. The SMILES string of the molecule is COCCOCOCCC1CCCC(O)C1C. The van der Waals surface area contributed by atoms with E-state index in [2.05, 4.69) is 6.92 Å². The number of rotatable bonds is 8. The zero-order chi connectivity index (χ0) is 12.5. The molecule has 4 heteroatoms. The number of ether oxygens (including phenoxy) is 3. The summed E-state index contributed by atoms with van der Waals surface area (Å²) in [4.78, 5) is 0. The molecule has 1 N–H and O–H groups in total. The van der Waals surface area contributed by atoms with Crippen molar-refractivity contribution in [2.75, 3.05) is 33.7 Å². The van der Waals surface area contributed by atoms with Gasteiger partial charge in [-0.3, -0.25) is 0 Å². The Morgan fingerprint density at radius 3 is 2.65 bits per heavy atom. The Morgan fingerprint density at radius 2 is 1.88 bits per heavy atom. The molecule has 0 heterocycles. The molecule has 4 nitrogen and oxygen atoms in total. The molecule has 17 heavy (non-hydrogen) atoms. The van der Waals surface area contributed by atoms with Crippen molar-refractivity contribution in [2.45, 2.75) is 38.7 Å². The van der Waals surface area contributed by atoms with Gasteiger partial charge in [0.25, 0.3) is 0 Å². The maximum atomic E-state index is 9.77. The van der Waals surface area contributed by atoms with Crippen LogP contribution in [0.15, 0.2) is 0 Å². The highest BCUT2D eigenvalue weighted by Gasteiger charge is 2.27. The number of hydrogen-bond acceptors (Lipinski definition) is 4. The molecule has 0 amide bonds. The minimum Gasteiger partial charge on any atom is -0.393 e. The molecule has 3 unspecified atom stereocenters. The van der Waals surface area contributed by atoms with Crippen molar-refractivity contribution < 1.29 is 19.3 Å². The van der Waals surface area contributed by atoms with E-state index >= 15 is 0 Å². The van der Waals surface area contributed by atoms with Gasteiger partial charge in [-0.25, -0.2) is 0 Å². The summed E-state index contributed by atoms with van der Waals surface area (Å²) in [7, 11) is 1.65. The van der Waals surface area contributed by atoms with Crippen LogP contribution in [0.5, 0.6) is 0 Å². The van der Waals surface area contributed by atoms with Gasteiger partial charge in [-0.1, -0.05) is 13.3 Å². The van der Waals surface area contributed by atoms with Crippen LogP contribution in [0.1, 0.15) is 32.6 Å². The predicted octanol–water partition coefficient (Wildman–Crippen LogP) is 1.81. The van der Waals surface area contributed by atoms with Gasteiger partial charge in [0, 0.05) is 13.7 Å². The maximum Gasteiger partial charge on any atom is 0.146 e. The van der Waals surface area contributed by atoms with Crippen molar-refractivity contribution >= 4 is 0 Å². The van der Waals surface area contributed by atoms with Crippen LogP contribution in [-0.2, 0) is 14.2 Å². The zero-order valence-electron chi connectivity index (χ0n) is 11.1. The number of aliphatic hydroxyl groups is 1. The molecule has 1 fully saturated rings. The number of aliphatic hydroxyl groups excluding tert-OH is 1. The van der Waals surface area contributed by atoms with E-state index in [-0.39, 0.29) is 6.10 Å². The molecular weight excluding hydrogens is 220 g/mol. The first-order valence-electron chi connectivity index (χ1n) is 6.58. The molecule has 0 aliphatic heterocycles. The van der Waals surface area contributed by atoms with E-state index in [1.165, 1.54) is 6.42 Å². The lowest BCUT2D eigenvalue weighted by atomic mass is 9.77. The average molecular weight is 246 g/mol. The highest BCUT2D eigenvalue weighted by Crippen LogP contribution is 2.32. The monoisotopic (exact) mass is 246 g/mol. The van der Waals surface area contributed by atoms with Crippen LogP contribution in [0.2, 0.25) is 0 Å². The molecule has 0 radical (unpaired) electrons. The van der Waals surface area contributed by atoms with Crippen molar-refractivity contribution in [1.82, 2.24) is 0 Å². The fourth-order valence-electron chi connectivity index (χ4n) is 2.39. The Kier molecular flexibility index (Phi) is 7.77. The van der Waals surface area contributed by atoms with E-state index < -0.39 is 0 Å². The van der Waals surface area contributed by atoms with Gasteiger partial charge in [0.2, 0.25) is 0 Å². The van der Waals surface area contributed by atoms with Crippen LogP contribution >= 0.6 is 0 Å². The second-order valence-electron chi connectivity index (χ2n) is 4.83. The van der Waals surface area contributed by atoms with Crippen molar-refractivity contribution in [1.29, 1.82) is 0 Å². The van der Waals surface area contributed by atoms with Crippen LogP contribution in [0.4, 0.5) is 0 Å². The summed E-state index contributed by atoms with van der Waals surface area (Å²) in [5.41, 5.74) is 0. The first-order chi connectivity index (χ1) is 8.25. The lowest BCUT2D eigenvalue weighted by Gasteiger charge is -2.32. The molecule has 0 saturated heterocycles. The van der Waals surface area contributed by atoms with E-state index in [0.29, 0.717) is 38.4 Å². The van der Waals surface area contributed by atoms with Crippen LogP contribution < -0.4 is 0 Å². The molecule has 3 atom stereocenters. The van der Waals surface area contributed by atoms with Crippen LogP contribution in [0.3, 0.4) is 0 Å². The first kappa shape index (κ1) is 14.9. The van der Waals surface area contributed by atoms with Crippen LogP contribution in [0.25, 0.3) is 0 Å². The molecule has 0 aromatic rings. The fraction of sp³-hybridized carbons (Fsp3) is 1.00. The minimum atomic E-state index is -0.119. The van der Waals surface area contributed by atoms with Gasteiger partial charge in [-0.05, 0) is 31.1 Å². The third kappa shape index (κ3) is 5.82. The van der Waals surface area contributed by atoms with E-state index in [0.717, 1.165) is 19.3 Å². The Hall–Kier alpha value is -0.160. The lowest BCUT2D eigenvalue weighted by molar-refractivity contribution is -0.0726. The normalized spacial score (nSPS) is 29.5. The van der Waals surface area contributed by atoms with Crippen LogP contribution in [-0.4, -0.2) is 44.9 Å². The smallest absolute Gasteiger partial charge is 0.146 e. The van der Waals surface area contributed by atoms with Crippen molar-refractivity contribution in [2.24, 2.45) is 11.8 Å². The summed E-state index contributed by atoms with van der Waals surface area (Å²) in [6, 6.07) is 0. The van der Waals surface area contributed by atoms with Gasteiger partial charge < -0.3 is 19.3 Å². The van der Waals surface area contributed by atoms with Gasteiger partial charge in [-0.15, -0.1) is 0 Å². The number of methoxy groups -OCH3 is 1. The van der Waals surface area contributed by atoms with Crippen molar-refractivity contribution in [3.63, 3.8) is 0 Å². The standard InChI is InChI=1S/C13H26O4/c1-11-12(4-3-5-13(11)14)6-7-16-10-17-9-8-15-2/h11-14H,3-10H2,1-2H3. The fourth-order valence-corrected chi connectivity index (χ4v) is 2.39. The quantitative estimate of drug-likeness (QED) is 0.524. The highest BCUT2D eigenvalue weighted by molar-refractivity contribution is 4.78. The molecular formula is C13H26O4. The summed E-state index contributed by atoms with van der Waals surface area (Å²) in [6.45, 7) is 4.38. The van der Waals surface area contributed by atoms with Gasteiger partial charge in [0.05, 0.1) is 19.3 Å². The minimum absolute atomic E-state index is 0.119. The molecule has 0 aromatic heterocycles. The molecule has 102 valence electrons. The van der Waals surface area contributed by atoms with Gasteiger partial charge in [0.15, 0.2) is 0 Å². The third-order valence-electron chi connectivity index (χ3n) is 3.66. The second kappa shape index (κ2) is 8.86. The zero-order valence-corrected chi connectivity index (χ0v) is 11.1. The molecule has 0 spiro atoms. The van der Waals surface area contributed by atoms with Crippen LogP contribution in [0, 0.1) is 11.8 Å². The maximum absolute atomic E-state index is 9.77. The second-order valence-corrected chi connectivity index (χ2v) is 4.83. The molecule has 1 aliphatic rings. The summed E-state index contributed by atoms with van der Waals surface area (Å²) in [5.74, 6) is 1.000. The van der Waals surface area contributed by atoms with E-state index in [1.54, 1.807) is 7.11 Å². The summed E-state index contributed by atoms with van der Waals surface area (Å²) in [5, 5.41) is 9.77. The van der Waals surface area contributed by atoms with Gasteiger partial charge in [-0.2, -0.15) is 0 Å². The summed E-state index contributed by atoms with van der Waals surface area (Å²) in [6.07, 6.45) is 4.21.